The average molecular weight is 443 g/mol. The second kappa shape index (κ2) is 9.66. The number of rotatable bonds is 7. The molecule has 0 bridgehead atoms. The molecule has 0 saturated carbocycles. The molecule has 0 spiro atoms. The van der Waals surface area contributed by atoms with Crippen molar-refractivity contribution >= 4 is 29.4 Å². The molecule has 1 atom stereocenters. The first kappa shape index (κ1) is 22.4. The molecule has 2 aromatic carbocycles. The van der Waals surface area contributed by atoms with Crippen LogP contribution in [0.1, 0.15) is 35.8 Å². The first-order valence-corrected chi connectivity index (χ1v) is 10.1. The summed E-state index contributed by atoms with van der Waals surface area (Å²) in [5.41, 5.74) is 1.93. The van der Waals surface area contributed by atoms with E-state index in [2.05, 4.69) is 5.32 Å². The highest BCUT2D eigenvalue weighted by atomic mass is 35.5. The lowest BCUT2D eigenvalue weighted by Crippen LogP contribution is -2.48. The number of Topliss-reactive ketones (excluding diaryl/α,β-unsaturated/α-hetero) is 1. The Labute approximate surface area is 185 Å². The number of carbonyl (C=O) groups excluding carboxylic acids is 3. The summed E-state index contributed by atoms with van der Waals surface area (Å²) in [6.07, 6.45) is 0. The molecule has 0 unspecified atom stereocenters. The number of ether oxygens (including phenoxy) is 2. The van der Waals surface area contributed by atoms with Crippen molar-refractivity contribution in [3.63, 3.8) is 0 Å². The van der Waals surface area contributed by atoms with Crippen molar-refractivity contribution in [2.75, 3.05) is 20.3 Å². The number of nitrogens with one attached hydrogen (secondary N) is 1. The Bertz CT molecular complexity index is 1020. The minimum absolute atomic E-state index is 0.0401. The molecule has 0 aliphatic carbocycles. The van der Waals surface area contributed by atoms with Crippen molar-refractivity contribution in [1.29, 1.82) is 0 Å². The van der Waals surface area contributed by atoms with Gasteiger partial charge in [0.05, 0.1) is 23.9 Å². The third-order valence-electron chi connectivity index (χ3n) is 4.91. The second-order valence-electron chi connectivity index (χ2n) is 6.94. The van der Waals surface area contributed by atoms with Crippen LogP contribution >= 0.6 is 11.6 Å². The van der Waals surface area contributed by atoms with Crippen molar-refractivity contribution < 1.29 is 23.9 Å². The summed E-state index contributed by atoms with van der Waals surface area (Å²) in [6, 6.07) is 12.4. The molecule has 0 radical (unpaired) electrons. The van der Waals surface area contributed by atoms with Gasteiger partial charge in [0.2, 0.25) is 0 Å². The van der Waals surface area contributed by atoms with Gasteiger partial charge in [0.1, 0.15) is 12.4 Å². The van der Waals surface area contributed by atoms with E-state index in [-0.39, 0.29) is 30.6 Å². The van der Waals surface area contributed by atoms with Crippen molar-refractivity contribution in [3.8, 4) is 5.75 Å². The van der Waals surface area contributed by atoms with Gasteiger partial charge in [0.15, 0.2) is 5.78 Å². The molecule has 0 saturated heterocycles. The zero-order valence-electron chi connectivity index (χ0n) is 17.5. The van der Waals surface area contributed by atoms with Crippen LogP contribution in [-0.4, -0.2) is 42.9 Å². The van der Waals surface area contributed by atoms with Crippen LogP contribution in [0.15, 0.2) is 59.8 Å². The first-order chi connectivity index (χ1) is 14.8. The smallest absolute Gasteiger partial charge is 0.338 e. The summed E-state index contributed by atoms with van der Waals surface area (Å²) in [4.78, 5) is 38.3. The number of amides is 2. The van der Waals surface area contributed by atoms with Crippen LogP contribution in [0.2, 0.25) is 5.02 Å². The molecule has 31 heavy (non-hydrogen) atoms. The molecule has 2 aromatic rings. The van der Waals surface area contributed by atoms with Crippen LogP contribution in [-0.2, 0) is 9.53 Å². The summed E-state index contributed by atoms with van der Waals surface area (Å²) >= 11 is 5.99. The summed E-state index contributed by atoms with van der Waals surface area (Å²) in [7, 11) is 1.56. The number of likely N-dealkylation sites (N-methyl/N-ethyl adjacent to an activating group) is 1. The van der Waals surface area contributed by atoms with E-state index in [1.807, 2.05) is 0 Å². The van der Waals surface area contributed by atoms with Crippen LogP contribution in [0.3, 0.4) is 0 Å². The van der Waals surface area contributed by atoms with Gasteiger partial charge in [0, 0.05) is 17.6 Å². The van der Waals surface area contributed by atoms with Gasteiger partial charge in [-0.3, -0.25) is 9.69 Å². The second-order valence-corrected chi connectivity index (χ2v) is 7.38. The van der Waals surface area contributed by atoms with Gasteiger partial charge >= 0.3 is 12.0 Å². The van der Waals surface area contributed by atoms with Crippen molar-refractivity contribution in [2.24, 2.45) is 0 Å². The number of hydrogen-bond acceptors (Lipinski definition) is 5. The van der Waals surface area contributed by atoms with Crippen molar-refractivity contribution in [1.82, 2.24) is 10.2 Å². The lowest BCUT2D eigenvalue weighted by molar-refractivity contribution is -0.139. The monoisotopic (exact) mass is 442 g/mol. The number of nitrogens with zero attached hydrogens (tertiary/aromatic N) is 1. The van der Waals surface area contributed by atoms with Gasteiger partial charge in [-0.1, -0.05) is 23.7 Å². The quantitative estimate of drug-likeness (QED) is 0.514. The SMILES string of the molecule is CCOC(=O)C1=C(COc2ccc(C(C)=O)cc2)N(C)C(=O)N[C@@H]1c1ccc(Cl)cc1. The molecule has 7 nitrogen and oxygen atoms in total. The maximum absolute atomic E-state index is 12.9. The van der Waals surface area contributed by atoms with Gasteiger partial charge in [-0.2, -0.15) is 0 Å². The van der Waals surface area contributed by atoms with E-state index in [1.54, 1.807) is 62.5 Å². The van der Waals surface area contributed by atoms with Crippen LogP contribution in [0.5, 0.6) is 5.75 Å². The molecular weight excluding hydrogens is 420 g/mol. The van der Waals surface area contributed by atoms with E-state index >= 15 is 0 Å². The van der Waals surface area contributed by atoms with Crippen LogP contribution in [0.4, 0.5) is 4.79 Å². The average Bonchev–Trinajstić information content (AvgIpc) is 2.75. The minimum Gasteiger partial charge on any atom is -0.487 e. The van der Waals surface area contributed by atoms with Gasteiger partial charge in [-0.05, 0) is 55.8 Å². The molecule has 0 aromatic heterocycles. The van der Waals surface area contributed by atoms with E-state index in [0.29, 0.717) is 27.6 Å². The Kier molecular flexibility index (Phi) is 6.97. The molecule has 1 aliphatic heterocycles. The Morgan fingerprint density at radius 1 is 1.10 bits per heavy atom. The molecule has 8 heteroatoms. The zero-order chi connectivity index (χ0) is 22.5. The molecule has 1 aliphatic rings. The van der Waals surface area contributed by atoms with E-state index in [1.165, 1.54) is 11.8 Å². The Hall–Kier alpha value is -3.32. The lowest BCUT2D eigenvalue weighted by atomic mass is 9.95. The third-order valence-corrected chi connectivity index (χ3v) is 5.16. The number of urea groups is 1. The third kappa shape index (κ3) is 5.06. The number of carbonyl (C=O) groups is 3. The van der Waals surface area contributed by atoms with Gasteiger partial charge in [-0.25, -0.2) is 9.59 Å². The molecule has 162 valence electrons. The number of halogens is 1. The first-order valence-electron chi connectivity index (χ1n) is 9.75. The van der Waals surface area contributed by atoms with Crippen LogP contribution in [0, 0.1) is 0 Å². The highest BCUT2D eigenvalue weighted by Gasteiger charge is 2.37. The molecular formula is C23H23ClN2O5. The summed E-state index contributed by atoms with van der Waals surface area (Å²) < 4.78 is 11.1. The Morgan fingerprint density at radius 2 is 1.74 bits per heavy atom. The molecule has 1 N–H and O–H groups in total. The van der Waals surface area contributed by atoms with Gasteiger partial charge in [0.25, 0.3) is 0 Å². The maximum atomic E-state index is 12.9. The number of benzene rings is 2. The topological polar surface area (TPSA) is 84.9 Å². The maximum Gasteiger partial charge on any atom is 0.338 e. The van der Waals surface area contributed by atoms with E-state index in [9.17, 15) is 14.4 Å². The fourth-order valence-electron chi connectivity index (χ4n) is 3.22. The van der Waals surface area contributed by atoms with Crippen LogP contribution < -0.4 is 10.1 Å². The number of esters is 1. The Morgan fingerprint density at radius 3 is 2.32 bits per heavy atom. The van der Waals surface area contributed by atoms with Crippen molar-refractivity contribution in [2.45, 2.75) is 19.9 Å². The molecule has 3 rings (SSSR count). The predicted molar refractivity (Wildman–Crippen MR) is 116 cm³/mol. The standard InChI is InChI=1S/C23H23ClN2O5/c1-4-30-22(28)20-19(13-31-18-11-7-15(8-12-18)14(2)27)26(3)23(29)25-21(20)16-5-9-17(24)10-6-16/h5-12,21H,4,13H2,1-3H3,(H,25,29)/t21-/m1/s1. The minimum atomic E-state index is -0.710. The fourth-order valence-corrected chi connectivity index (χ4v) is 3.35. The molecule has 2 amide bonds. The summed E-state index contributed by atoms with van der Waals surface area (Å²) in [6.45, 7) is 3.35. The largest absolute Gasteiger partial charge is 0.487 e. The zero-order valence-corrected chi connectivity index (χ0v) is 18.2. The predicted octanol–water partition coefficient (Wildman–Crippen LogP) is 4.13. The normalized spacial score (nSPS) is 16.1. The summed E-state index contributed by atoms with van der Waals surface area (Å²) in [5, 5.41) is 3.38. The molecule has 1 heterocycles. The van der Waals surface area contributed by atoms with E-state index < -0.39 is 12.0 Å². The summed E-state index contributed by atoms with van der Waals surface area (Å²) in [5.74, 6) is -0.0868. The highest BCUT2D eigenvalue weighted by molar-refractivity contribution is 6.30. The highest BCUT2D eigenvalue weighted by Crippen LogP contribution is 2.32. The van der Waals surface area contributed by atoms with Crippen molar-refractivity contribution in [3.05, 3.63) is 76.0 Å². The Balaban J connectivity index is 1.97. The van der Waals surface area contributed by atoms with E-state index in [4.69, 9.17) is 21.1 Å². The van der Waals surface area contributed by atoms with Crippen LogP contribution in [0.25, 0.3) is 0 Å². The fraction of sp³-hybridized carbons (Fsp3) is 0.261. The van der Waals surface area contributed by atoms with E-state index in [0.717, 1.165) is 0 Å². The lowest BCUT2D eigenvalue weighted by Gasteiger charge is -2.34. The molecule has 0 fully saturated rings. The number of hydrogen-bond donors (Lipinski definition) is 1. The van der Waals surface area contributed by atoms with Gasteiger partial charge < -0.3 is 14.8 Å². The number of ketones is 1. The van der Waals surface area contributed by atoms with Gasteiger partial charge in [-0.15, -0.1) is 0 Å².